The van der Waals surface area contributed by atoms with Gasteiger partial charge in [-0.15, -0.1) is 0 Å². The number of nitrogens with one attached hydrogen (secondary N) is 1. The first kappa shape index (κ1) is 10.2. The van der Waals surface area contributed by atoms with Crippen LogP contribution in [0.25, 0.3) is 0 Å². The molecule has 2 fully saturated rings. The first-order valence-electron chi connectivity index (χ1n) is 5.38. The van der Waals surface area contributed by atoms with Gasteiger partial charge in [0.1, 0.15) is 0 Å². The van der Waals surface area contributed by atoms with Crippen molar-refractivity contribution in [3.63, 3.8) is 0 Å². The summed E-state index contributed by atoms with van der Waals surface area (Å²) in [5, 5.41) is 4.28. The van der Waals surface area contributed by atoms with Crippen molar-refractivity contribution in [1.29, 1.82) is 0 Å². The molecular formula is C10H18N2OS. The molecule has 0 aromatic heterocycles. The molecule has 0 unspecified atom stereocenters. The summed E-state index contributed by atoms with van der Waals surface area (Å²) in [5.74, 6) is 0. The van der Waals surface area contributed by atoms with Crippen molar-refractivity contribution in [3.05, 3.63) is 0 Å². The predicted molar refractivity (Wildman–Crippen MR) is 60.4 cm³/mol. The Bertz CT molecular complexity index is 212. The second-order valence-corrected chi connectivity index (χ2v) is 4.56. The minimum Gasteiger partial charge on any atom is -0.381 e. The third kappa shape index (κ3) is 2.58. The van der Waals surface area contributed by atoms with Gasteiger partial charge in [0.25, 0.3) is 0 Å². The molecule has 0 aromatic rings. The molecule has 1 aliphatic heterocycles. The highest BCUT2D eigenvalue weighted by Crippen LogP contribution is 2.20. The molecule has 14 heavy (non-hydrogen) atoms. The lowest BCUT2D eigenvalue weighted by Gasteiger charge is -2.33. The van der Waals surface area contributed by atoms with E-state index in [0.717, 1.165) is 31.2 Å². The van der Waals surface area contributed by atoms with Crippen LogP contribution in [0.15, 0.2) is 0 Å². The Labute approximate surface area is 90.8 Å². The largest absolute Gasteiger partial charge is 0.381 e. The highest BCUT2D eigenvalue weighted by atomic mass is 32.1. The molecule has 0 bridgehead atoms. The maximum absolute atomic E-state index is 5.35. The van der Waals surface area contributed by atoms with Crippen LogP contribution in [0.5, 0.6) is 0 Å². The fraction of sp³-hybridized carbons (Fsp3) is 0.900. The average molecular weight is 214 g/mol. The van der Waals surface area contributed by atoms with Crippen LogP contribution in [-0.2, 0) is 4.74 Å². The molecule has 0 amide bonds. The number of ether oxygens (including phenoxy) is 1. The summed E-state index contributed by atoms with van der Waals surface area (Å²) in [5.41, 5.74) is 0. The average Bonchev–Trinajstić information content (AvgIpc) is 3.02. The van der Waals surface area contributed by atoms with Crippen LogP contribution < -0.4 is 5.32 Å². The van der Waals surface area contributed by atoms with Gasteiger partial charge in [-0.3, -0.25) is 0 Å². The van der Waals surface area contributed by atoms with Gasteiger partial charge in [0.15, 0.2) is 5.11 Å². The zero-order valence-corrected chi connectivity index (χ0v) is 9.48. The molecule has 0 spiro atoms. The summed E-state index contributed by atoms with van der Waals surface area (Å²) in [4.78, 5) is 2.20. The van der Waals surface area contributed by atoms with Crippen molar-refractivity contribution >= 4 is 17.3 Å². The fourth-order valence-electron chi connectivity index (χ4n) is 1.74. The molecule has 80 valence electrons. The minimum atomic E-state index is 0.572. The van der Waals surface area contributed by atoms with E-state index in [1.54, 1.807) is 0 Å². The van der Waals surface area contributed by atoms with Crippen LogP contribution in [-0.4, -0.2) is 42.4 Å². The topological polar surface area (TPSA) is 24.5 Å². The second-order valence-electron chi connectivity index (χ2n) is 4.18. The van der Waals surface area contributed by atoms with Gasteiger partial charge in [-0.05, 0) is 37.9 Å². The Morgan fingerprint density at radius 1 is 1.29 bits per heavy atom. The highest BCUT2D eigenvalue weighted by molar-refractivity contribution is 7.80. The van der Waals surface area contributed by atoms with Crippen LogP contribution in [0.1, 0.15) is 25.7 Å². The SMILES string of the molecule is CN(C(=S)NC1CC1)C1CCOCC1. The van der Waals surface area contributed by atoms with Crippen LogP contribution in [0.2, 0.25) is 0 Å². The highest BCUT2D eigenvalue weighted by Gasteiger charge is 2.26. The Morgan fingerprint density at radius 3 is 2.50 bits per heavy atom. The Kier molecular flexibility index (Phi) is 3.23. The molecule has 1 aliphatic carbocycles. The van der Waals surface area contributed by atoms with Crippen LogP contribution in [0.4, 0.5) is 0 Å². The van der Waals surface area contributed by atoms with E-state index in [1.807, 2.05) is 0 Å². The van der Waals surface area contributed by atoms with E-state index in [2.05, 4.69) is 17.3 Å². The Morgan fingerprint density at radius 2 is 1.93 bits per heavy atom. The van der Waals surface area contributed by atoms with Gasteiger partial charge in [-0.1, -0.05) is 0 Å². The van der Waals surface area contributed by atoms with Gasteiger partial charge in [-0.2, -0.15) is 0 Å². The van der Waals surface area contributed by atoms with E-state index < -0.39 is 0 Å². The summed E-state index contributed by atoms with van der Waals surface area (Å²) in [6.45, 7) is 1.75. The zero-order chi connectivity index (χ0) is 9.97. The Balaban J connectivity index is 1.78. The normalized spacial score (nSPS) is 23.2. The minimum absolute atomic E-state index is 0.572. The molecular weight excluding hydrogens is 196 g/mol. The molecule has 4 heteroatoms. The molecule has 2 rings (SSSR count). The number of hydrogen-bond donors (Lipinski definition) is 1. The van der Waals surface area contributed by atoms with E-state index in [9.17, 15) is 0 Å². The quantitative estimate of drug-likeness (QED) is 0.697. The third-order valence-corrected chi connectivity index (χ3v) is 3.37. The molecule has 2 aliphatic rings. The van der Waals surface area contributed by atoms with E-state index in [1.165, 1.54) is 12.8 Å². The molecule has 0 radical (unpaired) electrons. The molecule has 1 N–H and O–H groups in total. The van der Waals surface area contributed by atoms with E-state index >= 15 is 0 Å². The number of rotatable bonds is 2. The third-order valence-electron chi connectivity index (χ3n) is 2.96. The summed E-state index contributed by atoms with van der Waals surface area (Å²) >= 11 is 5.35. The second kappa shape index (κ2) is 4.45. The monoisotopic (exact) mass is 214 g/mol. The van der Waals surface area contributed by atoms with Crippen molar-refractivity contribution < 1.29 is 4.74 Å². The summed E-state index contributed by atoms with van der Waals surface area (Å²) < 4.78 is 5.33. The van der Waals surface area contributed by atoms with Crippen LogP contribution in [0.3, 0.4) is 0 Å². The van der Waals surface area contributed by atoms with Gasteiger partial charge in [0, 0.05) is 32.3 Å². The van der Waals surface area contributed by atoms with Crippen LogP contribution >= 0.6 is 12.2 Å². The van der Waals surface area contributed by atoms with Crippen molar-refractivity contribution in [3.8, 4) is 0 Å². The number of hydrogen-bond acceptors (Lipinski definition) is 2. The molecule has 3 nitrogen and oxygen atoms in total. The van der Waals surface area contributed by atoms with Crippen molar-refractivity contribution in [1.82, 2.24) is 10.2 Å². The molecule has 1 heterocycles. The lowest BCUT2D eigenvalue weighted by molar-refractivity contribution is 0.0603. The van der Waals surface area contributed by atoms with Gasteiger partial charge in [-0.25, -0.2) is 0 Å². The number of thiocarbonyl (C=S) groups is 1. The summed E-state index contributed by atoms with van der Waals surface area (Å²) in [6.07, 6.45) is 4.76. The first-order chi connectivity index (χ1) is 6.77. The van der Waals surface area contributed by atoms with Crippen molar-refractivity contribution in [2.24, 2.45) is 0 Å². The molecule has 0 aromatic carbocycles. The maximum Gasteiger partial charge on any atom is 0.169 e. The predicted octanol–water partition coefficient (Wildman–Crippen LogP) is 1.13. The Hall–Kier alpha value is -0.350. The van der Waals surface area contributed by atoms with E-state index in [4.69, 9.17) is 17.0 Å². The summed E-state index contributed by atoms with van der Waals surface area (Å²) in [7, 11) is 2.09. The fourth-order valence-corrected chi connectivity index (χ4v) is 2.06. The number of nitrogens with zero attached hydrogens (tertiary/aromatic N) is 1. The lowest BCUT2D eigenvalue weighted by Crippen LogP contribution is -2.46. The van der Waals surface area contributed by atoms with Gasteiger partial charge in [0.2, 0.25) is 0 Å². The van der Waals surface area contributed by atoms with Gasteiger partial charge >= 0.3 is 0 Å². The van der Waals surface area contributed by atoms with Gasteiger partial charge < -0.3 is 15.0 Å². The summed E-state index contributed by atoms with van der Waals surface area (Å²) in [6, 6.07) is 1.23. The standard InChI is InChI=1S/C10H18N2OS/c1-12(9-4-6-13-7-5-9)10(14)11-8-2-3-8/h8-9H,2-7H2,1H3,(H,11,14). The van der Waals surface area contributed by atoms with Gasteiger partial charge in [0.05, 0.1) is 0 Å². The van der Waals surface area contributed by atoms with E-state index in [-0.39, 0.29) is 0 Å². The molecule has 0 atom stereocenters. The molecule has 1 saturated carbocycles. The lowest BCUT2D eigenvalue weighted by atomic mass is 10.1. The zero-order valence-electron chi connectivity index (χ0n) is 8.66. The molecule has 1 saturated heterocycles. The first-order valence-corrected chi connectivity index (χ1v) is 5.79. The van der Waals surface area contributed by atoms with Crippen molar-refractivity contribution in [2.45, 2.75) is 37.8 Å². The van der Waals surface area contributed by atoms with Crippen LogP contribution in [0, 0.1) is 0 Å². The smallest absolute Gasteiger partial charge is 0.169 e. The maximum atomic E-state index is 5.35. The van der Waals surface area contributed by atoms with Crippen molar-refractivity contribution in [2.75, 3.05) is 20.3 Å². The van der Waals surface area contributed by atoms with E-state index in [0.29, 0.717) is 12.1 Å².